The molecule has 0 bridgehead atoms. The number of nitrogens with one attached hydrogen (secondary N) is 1. The highest BCUT2D eigenvalue weighted by molar-refractivity contribution is 5.80. The lowest BCUT2D eigenvalue weighted by molar-refractivity contribution is -0.132. The minimum Gasteiger partial charge on any atom is -0.324 e. The van der Waals surface area contributed by atoms with Crippen LogP contribution in [0, 0.1) is 18.3 Å². The maximum atomic E-state index is 12.2. The molecule has 0 saturated carbocycles. The standard InChI is InChI=1S/C14H17N3O/c1-11-4-2-3-5-12(11)8-14(18)17-7-6-16-10-13(17)9-15/h2-5,13,16H,6-8,10H2,1H3. The van der Waals surface area contributed by atoms with Gasteiger partial charge in [-0.2, -0.15) is 5.26 Å². The SMILES string of the molecule is Cc1ccccc1CC(=O)N1CCNCC1C#N. The zero-order valence-corrected chi connectivity index (χ0v) is 10.5. The molecule has 1 fully saturated rings. The first kappa shape index (κ1) is 12.6. The molecular weight excluding hydrogens is 226 g/mol. The summed E-state index contributed by atoms with van der Waals surface area (Å²) in [4.78, 5) is 13.9. The average Bonchev–Trinajstić information content (AvgIpc) is 2.41. The van der Waals surface area contributed by atoms with Gasteiger partial charge in [0.1, 0.15) is 6.04 Å². The highest BCUT2D eigenvalue weighted by Crippen LogP contribution is 2.11. The van der Waals surface area contributed by atoms with Crippen molar-refractivity contribution in [3.8, 4) is 6.07 Å². The van der Waals surface area contributed by atoms with Crippen molar-refractivity contribution >= 4 is 5.91 Å². The summed E-state index contributed by atoms with van der Waals surface area (Å²) in [5.74, 6) is 0.0392. The van der Waals surface area contributed by atoms with Crippen LogP contribution < -0.4 is 5.32 Å². The van der Waals surface area contributed by atoms with E-state index in [4.69, 9.17) is 5.26 Å². The molecule has 2 rings (SSSR count). The molecule has 1 heterocycles. The summed E-state index contributed by atoms with van der Waals surface area (Å²) in [7, 11) is 0. The van der Waals surface area contributed by atoms with Crippen LogP contribution in [0.15, 0.2) is 24.3 Å². The van der Waals surface area contributed by atoms with Crippen LogP contribution in [0.3, 0.4) is 0 Å². The number of aryl methyl sites for hydroxylation is 1. The Balaban J connectivity index is 2.08. The summed E-state index contributed by atoms with van der Waals surface area (Å²) in [5.41, 5.74) is 2.16. The summed E-state index contributed by atoms with van der Waals surface area (Å²) in [6.45, 7) is 3.94. The monoisotopic (exact) mass is 243 g/mol. The Bertz CT molecular complexity index is 478. The lowest BCUT2D eigenvalue weighted by atomic mass is 10.0. The third-order valence-electron chi connectivity index (χ3n) is 3.32. The van der Waals surface area contributed by atoms with E-state index in [2.05, 4.69) is 11.4 Å². The van der Waals surface area contributed by atoms with Gasteiger partial charge in [0.15, 0.2) is 0 Å². The number of hydrogen-bond donors (Lipinski definition) is 1. The van der Waals surface area contributed by atoms with Crippen molar-refractivity contribution in [2.45, 2.75) is 19.4 Å². The van der Waals surface area contributed by atoms with E-state index in [0.717, 1.165) is 17.7 Å². The number of nitriles is 1. The van der Waals surface area contributed by atoms with Crippen LogP contribution in [0.5, 0.6) is 0 Å². The first-order valence-electron chi connectivity index (χ1n) is 6.16. The number of carbonyl (C=O) groups is 1. The van der Waals surface area contributed by atoms with Crippen LogP contribution in [-0.2, 0) is 11.2 Å². The average molecular weight is 243 g/mol. The van der Waals surface area contributed by atoms with Crippen molar-refractivity contribution in [2.24, 2.45) is 0 Å². The predicted molar refractivity (Wildman–Crippen MR) is 68.9 cm³/mol. The highest BCUT2D eigenvalue weighted by atomic mass is 16.2. The minimum atomic E-state index is -0.338. The molecule has 0 aromatic heterocycles. The number of hydrogen-bond acceptors (Lipinski definition) is 3. The molecule has 4 nitrogen and oxygen atoms in total. The lowest BCUT2D eigenvalue weighted by Crippen LogP contribution is -2.53. The molecule has 0 spiro atoms. The van der Waals surface area contributed by atoms with Crippen LogP contribution >= 0.6 is 0 Å². The summed E-state index contributed by atoms with van der Waals surface area (Å²) in [6.07, 6.45) is 0.380. The fraction of sp³-hybridized carbons (Fsp3) is 0.429. The van der Waals surface area contributed by atoms with E-state index in [9.17, 15) is 4.79 Å². The molecule has 94 valence electrons. The van der Waals surface area contributed by atoms with E-state index in [1.165, 1.54) is 0 Å². The van der Waals surface area contributed by atoms with Gasteiger partial charge in [0.2, 0.25) is 5.91 Å². The van der Waals surface area contributed by atoms with Gasteiger partial charge in [-0.05, 0) is 18.1 Å². The molecule has 1 aliphatic heterocycles. The Kier molecular flexibility index (Phi) is 3.96. The first-order chi connectivity index (χ1) is 8.72. The fourth-order valence-corrected chi connectivity index (χ4v) is 2.19. The van der Waals surface area contributed by atoms with E-state index >= 15 is 0 Å². The Labute approximate surface area is 107 Å². The van der Waals surface area contributed by atoms with Gasteiger partial charge >= 0.3 is 0 Å². The van der Waals surface area contributed by atoms with Crippen molar-refractivity contribution in [3.63, 3.8) is 0 Å². The van der Waals surface area contributed by atoms with Gasteiger partial charge in [-0.3, -0.25) is 4.79 Å². The zero-order valence-electron chi connectivity index (χ0n) is 10.5. The molecule has 1 unspecified atom stereocenters. The van der Waals surface area contributed by atoms with Gasteiger partial charge in [-0.15, -0.1) is 0 Å². The van der Waals surface area contributed by atoms with Crippen molar-refractivity contribution in [1.29, 1.82) is 5.26 Å². The second-order valence-corrected chi connectivity index (χ2v) is 4.54. The van der Waals surface area contributed by atoms with Gasteiger partial charge in [-0.1, -0.05) is 24.3 Å². The molecule has 0 radical (unpaired) electrons. The van der Waals surface area contributed by atoms with E-state index in [0.29, 0.717) is 19.5 Å². The van der Waals surface area contributed by atoms with Gasteiger partial charge in [-0.25, -0.2) is 0 Å². The zero-order chi connectivity index (χ0) is 13.0. The lowest BCUT2D eigenvalue weighted by Gasteiger charge is -2.32. The van der Waals surface area contributed by atoms with Gasteiger partial charge < -0.3 is 10.2 Å². The Hall–Kier alpha value is -1.86. The molecule has 0 aliphatic carbocycles. The predicted octanol–water partition coefficient (Wildman–Crippen LogP) is 0.861. The van der Waals surface area contributed by atoms with Gasteiger partial charge in [0.05, 0.1) is 12.5 Å². The molecule has 1 aliphatic rings. The number of rotatable bonds is 2. The van der Waals surface area contributed by atoms with Crippen LogP contribution in [-0.4, -0.2) is 36.5 Å². The van der Waals surface area contributed by atoms with E-state index in [-0.39, 0.29) is 11.9 Å². The molecule has 18 heavy (non-hydrogen) atoms. The third-order valence-corrected chi connectivity index (χ3v) is 3.32. The van der Waals surface area contributed by atoms with Crippen LogP contribution in [0.4, 0.5) is 0 Å². The van der Waals surface area contributed by atoms with Crippen molar-refractivity contribution in [1.82, 2.24) is 10.2 Å². The van der Waals surface area contributed by atoms with Crippen LogP contribution in [0.2, 0.25) is 0 Å². The Morgan fingerprint density at radius 3 is 3.06 bits per heavy atom. The Morgan fingerprint density at radius 2 is 2.33 bits per heavy atom. The van der Waals surface area contributed by atoms with Crippen molar-refractivity contribution < 1.29 is 4.79 Å². The molecular formula is C14H17N3O. The largest absolute Gasteiger partial charge is 0.324 e. The number of carbonyl (C=O) groups excluding carboxylic acids is 1. The summed E-state index contributed by atoms with van der Waals surface area (Å²) >= 11 is 0. The molecule has 4 heteroatoms. The maximum Gasteiger partial charge on any atom is 0.228 e. The van der Waals surface area contributed by atoms with Crippen LogP contribution in [0.25, 0.3) is 0 Å². The quantitative estimate of drug-likeness (QED) is 0.838. The molecule has 1 aromatic rings. The maximum absolute atomic E-state index is 12.2. The molecule has 1 N–H and O–H groups in total. The number of nitrogens with zero attached hydrogens (tertiary/aromatic N) is 2. The Morgan fingerprint density at radius 1 is 1.56 bits per heavy atom. The van der Waals surface area contributed by atoms with Crippen molar-refractivity contribution in [3.05, 3.63) is 35.4 Å². The summed E-state index contributed by atoms with van der Waals surface area (Å²) in [6, 6.07) is 9.72. The van der Waals surface area contributed by atoms with Gasteiger partial charge in [0, 0.05) is 19.6 Å². The summed E-state index contributed by atoms with van der Waals surface area (Å²) < 4.78 is 0. The fourth-order valence-electron chi connectivity index (χ4n) is 2.19. The number of amides is 1. The topological polar surface area (TPSA) is 56.1 Å². The molecule has 1 saturated heterocycles. The molecule has 1 amide bonds. The smallest absolute Gasteiger partial charge is 0.228 e. The van der Waals surface area contributed by atoms with E-state index in [1.54, 1.807) is 4.90 Å². The van der Waals surface area contributed by atoms with Gasteiger partial charge in [0.25, 0.3) is 0 Å². The first-order valence-corrected chi connectivity index (χ1v) is 6.16. The van der Waals surface area contributed by atoms with E-state index in [1.807, 2.05) is 31.2 Å². The normalized spacial score (nSPS) is 19.3. The molecule has 1 atom stereocenters. The highest BCUT2D eigenvalue weighted by Gasteiger charge is 2.26. The minimum absolute atomic E-state index is 0.0392. The molecule has 1 aromatic carbocycles. The van der Waals surface area contributed by atoms with Crippen molar-refractivity contribution in [2.75, 3.05) is 19.6 Å². The second kappa shape index (κ2) is 5.65. The second-order valence-electron chi connectivity index (χ2n) is 4.54. The number of benzene rings is 1. The summed E-state index contributed by atoms with van der Waals surface area (Å²) in [5, 5.41) is 12.2. The van der Waals surface area contributed by atoms with Crippen LogP contribution in [0.1, 0.15) is 11.1 Å². The number of piperazine rings is 1. The van der Waals surface area contributed by atoms with E-state index < -0.39 is 0 Å². The third kappa shape index (κ3) is 2.69.